The summed E-state index contributed by atoms with van der Waals surface area (Å²) in [5.41, 5.74) is 0.402. The number of anilines is 1. The molecule has 0 unspecified atom stereocenters. The molecule has 0 atom stereocenters. The van der Waals surface area contributed by atoms with Gasteiger partial charge in [0.2, 0.25) is 21.2 Å². The van der Waals surface area contributed by atoms with Crippen molar-refractivity contribution in [3.05, 3.63) is 57.0 Å². The number of rotatable bonds is 2. The molecule has 1 aliphatic heterocycles. The van der Waals surface area contributed by atoms with Crippen LogP contribution >= 0.6 is 11.6 Å². The van der Waals surface area contributed by atoms with Crippen LogP contribution in [0, 0.1) is 12.7 Å². The maximum absolute atomic E-state index is 13.5. The molecular weight excluding hydrogens is 409 g/mol. The Bertz CT molecular complexity index is 1290. The van der Waals surface area contributed by atoms with Crippen LogP contribution in [0.25, 0.3) is 22.3 Å². The summed E-state index contributed by atoms with van der Waals surface area (Å²) in [5, 5.41) is 10.2. The Morgan fingerprint density at radius 2 is 2.00 bits per heavy atom. The minimum atomic E-state index is -3.52. The minimum Gasteiger partial charge on any atom is -0.502 e. The molecule has 4 rings (SSSR count). The van der Waals surface area contributed by atoms with Gasteiger partial charge in [-0.25, -0.2) is 12.8 Å². The van der Waals surface area contributed by atoms with Gasteiger partial charge in [0.25, 0.3) is 0 Å². The molecule has 28 heavy (non-hydrogen) atoms. The van der Waals surface area contributed by atoms with Crippen LogP contribution in [0.4, 0.5) is 10.1 Å². The van der Waals surface area contributed by atoms with Gasteiger partial charge in [0.1, 0.15) is 5.82 Å². The number of halogens is 2. The number of sulfonamides is 1. The van der Waals surface area contributed by atoms with E-state index in [1.807, 2.05) is 0 Å². The standard InChI is InChI=1S/C19H15ClFNO5S/c1-10-7-12-16(23)17(24)18(11-3-4-14(21)13(20)9-11)27-19(12)15(8-10)22-5-2-6-28(22,25)26/h3-4,7-9,24H,2,5-6H2,1H3. The zero-order valence-corrected chi connectivity index (χ0v) is 16.3. The van der Waals surface area contributed by atoms with Crippen LogP contribution in [0.15, 0.2) is 39.5 Å². The average Bonchev–Trinajstić information content (AvgIpc) is 2.99. The molecule has 6 nitrogen and oxygen atoms in total. The van der Waals surface area contributed by atoms with Gasteiger partial charge in [-0.15, -0.1) is 0 Å². The van der Waals surface area contributed by atoms with Crippen molar-refractivity contribution in [2.45, 2.75) is 13.3 Å². The molecule has 0 aliphatic carbocycles. The molecule has 1 aliphatic rings. The molecule has 0 radical (unpaired) electrons. The van der Waals surface area contributed by atoms with E-state index in [0.717, 1.165) is 6.07 Å². The van der Waals surface area contributed by atoms with Gasteiger partial charge in [0.15, 0.2) is 11.3 Å². The summed E-state index contributed by atoms with van der Waals surface area (Å²) < 4.78 is 45.3. The Hall–Kier alpha value is -2.58. The molecule has 146 valence electrons. The number of hydrogen-bond acceptors (Lipinski definition) is 5. The third kappa shape index (κ3) is 2.93. The van der Waals surface area contributed by atoms with Gasteiger partial charge in [0, 0.05) is 12.1 Å². The lowest BCUT2D eigenvalue weighted by atomic mass is 10.1. The first-order valence-corrected chi connectivity index (χ1v) is 10.4. The monoisotopic (exact) mass is 423 g/mol. The lowest BCUT2D eigenvalue weighted by Gasteiger charge is -2.19. The van der Waals surface area contributed by atoms with Gasteiger partial charge in [-0.3, -0.25) is 9.10 Å². The van der Waals surface area contributed by atoms with Crippen molar-refractivity contribution < 1.29 is 22.3 Å². The maximum atomic E-state index is 13.5. The van der Waals surface area contributed by atoms with Gasteiger partial charge in [-0.1, -0.05) is 11.6 Å². The van der Waals surface area contributed by atoms with Gasteiger partial charge in [0.05, 0.1) is 21.8 Å². The Balaban J connectivity index is 2.06. The van der Waals surface area contributed by atoms with Gasteiger partial charge in [-0.05, 0) is 49.2 Å². The van der Waals surface area contributed by atoms with Crippen molar-refractivity contribution in [2.75, 3.05) is 16.6 Å². The zero-order chi connectivity index (χ0) is 20.2. The predicted molar refractivity (Wildman–Crippen MR) is 105 cm³/mol. The van der Waals surface area contributed by atoms with Crippen LogP contribution < -0.4 is 9.73 Å². The largest absolute Gasteiger partial charge is 0.502 e. The molecule has 3 aromatic rings. The highest BCUT2D eigenvalue weighted by atomic mass is 35.5. The van der Waals surface area contributed by atoms with E-state index in [0.29, 0.717) is 12.0 Å². The third-order valence-electron chi connectivity index (χ3n) is 4.64. The summed E-state index contributed by atoms with van der Waals surface area (Å²) >= 11 is 5.80. The van der Waals surface area contributed by atoms with Crippen molar-refractivity contribution in [1.29, 1.82) is 0 Å². The molecule has 0 bridgehead atoms. The number of aryl methyl sites for hydroxylation is 1. The molecule has 1 fully saturated rings. The van der Waals surface area contributed by atoms with E-state index in [-0.39, 0.29) is 45.3 Å². The fourth-order valence-corrected chi connectivity index (χ4v) is 5.08. The van der Waals surface area contributed by atoms with Crippen molar-refractivity contribution >= 4 is 38.3 Å². The normalized spacial score (nSPS) is 16.0. The lowest BCUT2D eigenvalue weighted by Crippen LogP contribution is -2.25. The average molecular weight is 424 g/mol. The predicted octanol–water partition coefficient (Wildman–Crippen LogP) is 3.81. The fourth-order valence-electron chi connectivity index (χ4n) is 3.34. The van der Waals surface area contributed by atoms with E-state index < -0.39 is 27.0 Å². The Morgan fingerprint density at radius 3 is 2.64 bits per heavy atom. The summed E-state index contributed by atoms with van der Waals surface area (Å²) in [6, 6.07) is 6.76. The smallest absolute Gasteiger partial charge is 0.235 e. The molecule has 0 saturated carbocycles. The Labute approximate surface area is 164 Å². The lowest BCUT2D eigenvalue weighted by molar-refractivity contribution is 0.449. The molecule has 2 heterocycles. The van der Waals surface area contributed by atoms with E-state index in [2.05, 4.69) is 0 Å². The van der Waals surface area contributed by atoms with E-state index >= 15 is 0 Å². The minimum absolute atomic E-state index is 0.00514. The van der Waals surface area contributed by atoms with Crippen molar-refractivity contribution in [3.8, 4) is 17.1 Å². The maximum Gasteiger partial charge on any atom is 0.235 e. The third-order valence-corrected chi connectivity index (χ3v) is 6.79. The van der Waals surface area contributed by atoms with Crippen LogP contribution in [0.2, 0.25) is 5.02 Å². The van der Waals surface area contributed by atoms with Crippen molar-refractivity contribution in [2.24, 2.45) is 0 Å². The summed E-state index contributed by atoms with van der Waals surface area (Å²) in [6.45, 7) is 1.99. The molecule has 9 heteroatoms. The summed E-state index contributed by atoms with van der Waals surface area (Å²) in [6.07, 6.45) is 0.459. The SMILES string of the molecule is Cc1cc(N2CCCS2(=O)=O)c2oc(-c3ccc(F)c(Cl)c3)c(O)c(=O)c2c1. The molecule has 1 saturated heterocycles. The number of fused-ring (bicyclic) bond motifs is 1. The summed E-state index contributed by atoms with van der Waals surface area (Å²) in [4.78, 5) is 12.8. The highest BCUT2D eigenvalue weighted by Crippen LogP contribution is 2.37. The van der Waals surface area contributed by atoms with E-state index in [9.17, 15) is 22.7 Å². The quantitative estimate of drug-likeness (QED) is 0.677. The van der Waals surface area contributed by atoms with Crippen LogP contribution in [0.1, 0.15) is 12.0 Å². The second kappa shape index (κ2) is 6.49. The van der Waals surface area contributed by atoms with E-state index in [1.54, 1.807) is 13.0 Å². The van der Waals surface area contributed by atoms with E-state index in [1.165, 1.54) is 22.5 Å². The molecule has 1 aromatic heterocycles. The second-order valence-electron chi connectivity index (χ2n) is 6.64. The first-order chi connectivity index (χ1) is 13.2. The molecule has 2 aromatic carbocycles. The van der Waals surface area contributed by atoms with Crippen LogP contribution in [-0.2, 0) is 10.0 Å². The first kappa shape index (κ1) is 18.8. The van der Waals surface area contributed by atoms with Crippen LogP contribution in [0.5, 0.6) is 5.75 Å². The summed E-state index contributed by atoms with van der Waals surface area (Å²) in [7, 11) is -3.52. The fraction of sp³-hybridized carbons (Fsp3) is 0.211. The number of nitrogens with zero attached hydrogens (tertiary/aromatic N) is 1. The highest BCUT2D eigenvalue weighted by molar-refractivity contribution is 7.93. The number of aromatic hydroxyl groups is 1. The first-order valence-electron chi connectivity index (χ1n) is 8.45. The van der Waals surface area contributed by atoms with Gasteiger partial charge in [-0.2, -0.15) is 0 Å². The Morgan fingerprint density at radius 1 is 1.25 bits per heavy atom. The van der Waals surface area contributed by atoms with E-state index in [4.69, 9.17) is 16.0 Å². The molecule has 0 amide bonds. The van der Waals surface area contributed by atoms with Crippen LogP contribution in [-0.4, -0.2) is 25.8 Å². The Kier molecular flexibility index (Phi) is 4.35. The molecule has 1 N–H and O–H groups in total. The van der Waals surface area contributed by atoms with Crippen molar-refractivity contribution in [3.63, 3.8) is 0 Å². The number of benzene rings is 2. The highest BCUT2D eigenvalue weighted by Gasteiger charge is 2.31. The zero-order valence-electron chi connectivity index (χ0n) is 14.7. The number of hydrogen-bond donors (Lipinski definition) is 1. The van der Waals surface area contributed by atoms with Crippen molar-refractivity contribution in [1.82, 2.24) is 0 Å². The molecular formula is C19H15ClFNO5S. The van der Waals surface area contributed by atoms with Crippen LogP contribution in [0.3, 0.4) is 0 Å². The second-order valence-corrected chi connectivity index (χ2v) is 9.06. The molecule has 0 spiro atoms. The summed E-state index contributed by atoms with van der Waals surface area (Å²) in [5.74, 6) is -1.52. The van der Waals surface area contributed by atoms with Gasteiger partial charge < -0.3 is 9.52 Å². The topological polar surface area (TPSA) is 87.8 Å². The van der Waals surface area contributed by atoms with Gasteiger partial charge >= 0.3 is 0 Å².